The summed E-state index contributed by atoms with van der Waals surface area (Å²) in [5.74, 6) is 1.87. The van der Waals surface area contributed by atoms with Crippen molar-refractivity contribution in [3.05, 3.63) is 29.8 Å². The molecule has 0 aromatic heterocycles. The minimum absolute atomic E-state index is 0.884. The molecule has 1 heteroatoms. The van der Waals surface area contributed by atoms with Gasteiger partial charge in [-0.15, -0.1) is 0 Å². The van der Waals surface area contributed by atoms with Crippen LogP contribution in [0.4, 0.5) is 5.69 Å². The fraction of sp³-hybridized carbons (Fsp3) is 0.600. The van der Waals surface area contributed by atoms with Gasteiger partial charge in [-0.05, 0) is 29.9 Å². The first-order chi connectivity index (χ1) is 7.93. The third-order valence-electron chi connectivity index (χ3n) is 4.37. The van der Waals surface area contributed by atoms with Crippen molar-refractivity contribution in [2.75, 3.05) is 11.9 Å². The Morgan fingerprint density at radius 3 is 2.62 bits per heavy atom. The molecule has 0 amide bonds. The fourth-order valence-corrected chi connectivity index (χ4v) is 3.41. The van der Waals surface area contributed by atoms with Gasteiger partial charge in [-0.1, -0.05) is 50.3 Å². The Labute approximate surface area is 98.3 Å². The van der Waals surface area contributed by atoms with Crippen LogP contribution in [-0.2, 0) is 6.42 Å². The van der Waals surface area contributed by atoms with E-state index in [-0.39, 0.29) is 0 Å². The zero-order chi connectivity index (χ0) is 10.8. The first kappa shape index (κ1) is 10.2. The Bertz CT molecular complexity index is 352. The third kappa shape index (κ3) is 1.95. The van der Waals surface area contributed by atoms with Crippen molar-refractivity contribution in [2.45, 2.75) is 38.5 Å². The van der Waals surface area contributed by atoms with Crippen LogP contribution in [0.5, 0.6) is 0 Å². The van der Waals surface area contributed by atoms with E-state index < -0.39 is 0 Å². The topological polar surface area (TPSA) is 12.0 Å². The van der Waals surface area contributed by atoms with Gasteiger partial charge in [0.05, 0.1) is 0 Å². The number of rotatable bonds is 1. The summed E-state index contributed by atoms with van der Waals surface area (Å²) in [6.45, 7) is 1.20. The lowest BCUT2D eigenvalue weighted by Crippen LogP contribution is -2.30. The largest absolute Gasteiger partial charge is 0.385 e. The molecule has 0 spiro atoms. The van der Waals surface area contributed by atoms with Crippen molar-refractivity contribution < 1.29 is 0 Å². The van der Waals surface area contributed by atoms with Crippen molar-refractivity contribution in [1.82, 2.24) is 0 Å². The van der Waals surface area contributed by atoms with Crippen molar-refractivity contribution in [3.63, 3.8) is 0 Å². The molecule has 1 aromatic carbocycles. The van der Waals surface area contributed by atoms with E-state index in [1.54, 1.807) is 0 Å². The fourth-order valence-electron chi connectivity index (χ4n) is 3.41. The highest BCUT2D eigenvalue weighted by atomic mass is 14.9. The predicted octanol–water partition coefficient (Wildman–Crippen LogP) is 3.85. The van der Waals surface area contributed by atoms with Gasteiger partial charge >= 0.3 is 0 Å². The van der Waals surface area contributed by atoms with Gasteiger partial charge in [0.2, 0.25) is 0 Å². The first-order valence-corrected chi connectivity index (χ1v) is 6.75. The Kier molecular flexibility index (Phi) is 2.86. The molecule has 16 heavy (non-hydrogen) atoms. The smallest absolute Gasteiger partial charge is 0.0372 e. The number of benzene rings is 1. The standard InChI is InChI=1S/C15H21N/c1-2-6-12(7-3-1)14-10-13-8-4-5-9-15(13)16-11-14/h4-5,8-9,12,14,16H,1-3,6-7,10-11H2. The van der Waals surface area contributed by atoms with Crippen molar-refractivity contribution in [3.8, 4) is 0 Å². The molecule has 1 atom stereocenters. The van der Waals surface area contributed by atoms with Gasteiger partial charge in [0.25, 0.3) is 0 Å². The number of nitrogens with one attached hydrogen (secondary N) is 1. The van der Waals surface area contributed by atoms with Crippen molar-refractivity contribution >= 4 is 5.69 Å². The highest BCUT2D eigenvalue weighted by molar-refractivity contribution is 5.53. The van der Waals surface area contributed by atoms with Gasteiger partial charge < -0.3 is 5.32 Å². The van der Waals surface area contributed by atoms with Gasteiger partial charge in [0.15, 0.2) is 0 Å². The number of hydrogen-bond acceptors (Lipinski definition) is 1. The highest BCUT2D eigenvalue weighted by Gasteiger charge is 2.26. The van der Waals surface area contributed by atoms with Gasteiger partial charge in [0.1, 0.15) is 0 Å². The molecule has 1 fully saturated rings. The zero-order valence-corrected chi connectivity index (χ0v) is 9.91. The number of fused-ring (bicyclic) bond motifs is 1. The van der Waals surface area contributed by atoms with Gasteiger partial charge in [-0.2, -0.15) is 0 Å². The van der Waals surface area contributed by atoms with Crippen LogP contribution < -0.4 is 5.32 Å². The molecule has 1 N–H and O–H groups in total. The summed E-state index contributed by atoms with van der Waals surface area (Å²) in [6, 6.07) is 8.81. The second-order valence-corrected chi connectivity index (χ2v) is 5.40. The summed E-state index contributed by atoms with van der Waals surface area (Å²) in [6.07, 6.45) is 8.62. The Balaban J connectivity index is 1.72. The average Bonchev–Trinajstić information content (AvgIpc) is 2.39. The number of anilines is 1. The zero-order valence-electron chi connectivity index (χ0n) is 9.91. The van der Waals surface area contributed by atoms with Gasteiger partial charge in [-0.3, -0.25) is 0 Å². The molecular weight excluding hydrogens is 194 g/mol. The van der Waals surface area contributed by atoms with Gasteiger partial charge in [0, 0.05) is 12.2 Å². The monoisotopic (exact) mass is 215 g/mol. The normalized spacial score (nSPS) is 25.9. The third-order valence-corrected chi connectivity index (χ3v) is 4.37. The molecule has 1 heterocycles. The molecule has 1 saturated carbocycles. The Morgan fingerprint density at radius 1 is 0.938 bits per heavy atom. The molecule has 1 aromatic rings. The molecule has 0 radical (unpaired) electrons. The van der Waals surface area contributed by atoms with Crippen LogP contribution in [0.2, 0.25) is 0 Å². The van der Waals surface area contributed by atoms with E-state index in [9.17, 15) is 0 Å². The molecule has 1 aliphatic carbocycles. The van der Waals surface area contributed by atoms with E-state index in [4.69, 9.17) is 0 Å². The number of hydrogen-bond donors (Lipinski definition) is 1. The van der Waals surface area contributed by atoms with Crippen LogP contribution in [0.1, 0.15) is 37.7 Å². The van der Waals surface area contributed by atoms with Crippen LogP contribution in [-0.4, -0.2) is 6.54 Å². The summed E-state index contributed by atoms with van der Waals surface area (Å²) < 4.78 is 0. The van der Waals surface area contributed by atoms with E-state index in [0.29, 0.717) is 0 Å². The molecule has 86 valence electrons. The lowest BCUT2D eigenvalue weighted by molar-refractivity contribution is 0.252. The van der Waals surface area contributed by atoms with Crippen LogP contribution >= 0.6 is 0 Å². The molecular formula is C15H21N. The SMILES string of the molecule is c1ccc2c(c1)CC(C1CCCCC1)CN2. The van der Waals surface area contributed by atoms with E-state index in [1.165, 1.54) is 56.3 Å². The van der Waals surface area contributed by atoms with Crippen molar-refractivity contribution in [1.29, 1.82) is 0 Å². The molecule has 2 aliphatic rings. The van der Waals surface area contributed by atoms with Crippen LogP contribution in [0.25, 0.3) is 0 Å². The second kappa shape index (κ2) is 4.48. The number of para-hydroxylation sites is 1. The van der Waals surface area contributed by atoms with E-state index in [2.05, 4.69) is 29.6 Å². The minimum Gasteiger partial charge on any atom is -0.385 e. The summed E-state index contributed by atoms with van der Waals surface area (Å²) in [5.41, 5.74) is 2.90. The van der Waals surface area contributed by atoms with E-state index >= 15 is 0 Å². The molecule has 1 unspecified atom stereocenters. The summed E-state index contributed by atoms with van der Waals surface area (Å²) in [4.78, 5) is 0. The maximum absolute atomic E-state index is 3.61. The van der Waals surface area contributed by atoms with E-state index in [0.717, 1.165) is 11.8 Å². The molecule has 1 nitrogen and oxygen atoms in total. The summed E-state index contributed by atoms with van der Waals surface area (Å²) >= 11 is 0. The molecule has 3 rings (SSSR count). The van der Waals surface area contributed by atoms with Crippen LogP contribution in [0.15, 0.2) is 24.3 Å². The predicted molar refractivity (Wildman–Crippen MR) is 68.7 cm³/mol. The lowest BCUT2D eigenvalue weighted by Gasteiger charge is -2.34. The Hall–Kier alpha value is -0.980. The summed E-state index contributed by atoms with van der Waals surface area (Å²) in [7, 11) is 0. The maximum atomic E-state index is 3.61. The molecule has 0 saturated heterocycles. The second-order valence-electron chi connectivity index (χ2n) is 5.40. The maximum Gasteiger partial charge on any atom is 0.0372 e. The minimum atomic E-state index is 0.884. The average molecular weight is 215 g/mol. The van der Waals surface area contributed by atoms with Crippen molar-refractivity contribution in [2.24, 2.45) is 11.8 Å². The van der Waals surface area contributed by atoms with Crippen LogP contribution in [0, 0.1) is 11.8 Å². The first-order valence-electron chi connectivity index (χ1n) is 6.75. The highest BCUT2D eigenvalue weighted by Crippen LogP contribution is 2.35. The van der Waals surface area contributed by atoms with E-state index in [1.807, 2.05) is 0 Å². The van der Waals surface area contributed by atoms with Gasteiger partial charge in [-0.25, -0.2) is 0 Å². The summed E-state index contributed by atoms with van der Waals surface area (Å²) in [5, 5.41) is 3.61. The lowest BCUT2D eigenvalue weighted by atomic mass is 9.76. The molecule has 0 bridgehead atoms. The van der Waals surface area contributed by atoms with Crippen LogP contribution in [0.3, 0.4) is 0 Å². The quantitative estimate of drug-likeness (QED) is 0.750. The Morgan fingerprint density at radius 2 is 1.75 bits per heavy atom. The molecule has 1 aliphatic heterocycles.